The molecule has 158 valence electrons. The predicted molar refractivity (Wildman–Crippen MR) is 107 cm³/mol. The molecule has 9 heteroatoms. The third-order valence-electron chi connectivity index (χ3n) is 4.75. The summed E-state index contributed by atoms with van der Waals surface area (Å²) in [5.41, 5.74) is 1.27. The Morgan fingerprint density at radius 2 is 1.79 bits per heavy atom. The second kappa shape index (κ2) is 9.87. The molecule has 29 heavy (non-hydrogen) atoms. The second-order valence-electron chi connectivity index (χ2n) is 7.47. The van der Waals surface area contributed by atoms with E-state index in [9.17, 15) is 9.59 Å². The van der Waals surface area contributed by atoms with E-state index in [2.05, 4.69) is 24.1 Å². The summed E-state index contributed by atoms with van der Waals surface area (Å²) in [5.74, 6) is 0. The topological polar surface area (TPSA) is 87.7 Å². The molecule has 0 saturated heterocycles. The normalized spacial score (nSPS) is 12.3. The minimum absolute atomic E-state index is 0. The Hall–Kier alpha value is -2.42. The summed E-state index contributed by atoms with van der Waals surface area (Å²) in [5, 5.41) is 2.23. The van der Waals surface area contributed by atoms with Gasteiger partial charge < -0.3 is 27.0 Å². The van der Waals surface area contributed by atoms with Gasteiger partial charge in [-0.2, -0.15) is 0 Å². The Morgan fingerprint density at radius 1 is 1.10 bits per heavy atom. The monoisotopic (exact) mass is 421 g/mol. The molecule has 0 fully saturated rings. The van der Waals surface area contributed by atoms with Crippen molar-refractivity contribution in [2.75, 3.05) is 6.61 Å². The number of quaternary nitrogens is 1. The minimum atomic E-state index is -0.376. The van der Waals surface area contributed by atoms with Crippen molar-refractivity contribution in [1.82, 2.24) is 18.7 Å². The van der Waals surface area contributed by atoms with Gasteiger partial charge in [-0.25, -0.2) is 9.78 Å². The van der Waals surface area contributed by atoms with Crippen LogP contribution in [0, 0.1) is 0 Å². The number of imidazole rings is 1. The Labute approximate surface area is 175 Å². The molecule has 0 radical (unpaired) electrons. The van der Waals surface area contributed by atoms with Gasteiger partial charge in [-0.05, 0) is 19.4 Å². The number of rotatable bonds is 8. The summed E-state index contributed by atoms with van der Waals surface area (Å²) in [7, 11) is 3.12. The van der Waals surface area contributed by atoms with Crippen LogP contribution >= 0.6 is 0 Å². The van der Waals surface area contributed by atoms with Crippen LogP contribution in [0.3, 0.4) is 0 Å². The van der Waals surface area contributed by atoms with Gasteiger partial charge in [0, 0.05) is 14.1 Å². The van der Waals surface area contributed by atoms with E-state index < -0.39 is 0 Å². The third-order valence-corrected chi connectivity index (χ3v) is 4.75. The van der Waals surface area contributed by atoms with Crippen molar-refractivity contribution in [3.63, 3.8) is 0 Å². The molecule has 2 heterocycles. The number of ether oxygens (including phenoxy) is 1. The number of benzene rings is 1. The van der Waals surface area contributed by atoms with Gasteiger partial charge in [0.15, 0.2) is 11.2 Å². The van der Waals surface area contributed by atoms with E-state index in [1.54, 1.807) is 13.4 Å². The number of aryl methyl sites for hydroxylation is 1. The first kappa shape index (κ1) is 22.9. The number of fused-ring (bicyclic) bond motifs is 1. The minimum Gasteiger partial charge on any atom is -1.00 e. The average Bonchev–Trinajstić information content (AvgIpc) is 3.08. The fourth-order valence-electron chi connectivity index (χ4n) is 3.40. The van der Waals surface area contributed by atoms with Crippen LogP contribution < -0.4 is 29.0 Å². The van der Waals surface area contributed by atoms with E-state index >= 15 is 0 Å². The van der Waals surface area contributed by atoms with Crippen LogP contribution in [0.1, 0.15) is 19.4 Å². The fourth-order valence-corrected chi connectivity index (χ4v) is 3.40. The van der Waals surface area contributed by atoms with Crippen molar-refractivity contribution < 1.29 is 22.5 Å². The molecule has 0 spiro atoms. The number of nitrogens with two attached hydrogens (primary N) is 1. The highest BCUT2D eigenvalue weighted by molar-refractivity contribution is 5.69. The smallest absolute Gasteiger partial charge is 0.332 e. The third kappa shape index (κ3) is 5.14. The molecule has 8 nitrogen and oxygen atoms in total. The first-order valence-electron chi connectivity index (χ1n) is 9.46. The molecule has 1 atom stereocenters. The van der Waals surface area contributed by atoms with E-state index in [4.69, 9.17) is 4.74 Å². The standard InChI is InChI=1S/C20H27N5O3.ClH/c1-14(2)22-16(12-28-11-15-8-6-5-7-9-15)10-25-13-21-18-17(25)19(26)24(4)20(27)23(18)3;/h5-9,13-14,16,22H,10-12H2,1-4H3;1H. The predicted octanol–water partition coefficient (Wildman–Crippen LogP) is -3.01. The van der Waals surface area contributed by atoms with Gasteiger partial charge >= 0.3 is 5.69 Å². The van der Waals surface area contributed by atoms with E-state index in [0.717, 1.165) is 10.1 Å². The van der Waals surface area contributed by atoms with Crippen LogP contribution in [0.25, 0.3) is 11.2 Å². The zero-order chi connectivity index (χ0) is 20.3. The van der Waals surface area contributed by atoms with Gasteiger partial charge in [0.25, 0.3) is 5.56 Å². The lowest BCUT2D eigenvalue weighted by atomic mass is 10.2. The molecule has 0 aliphatic heterocycles. The fraction of sp³-hybridized carbons (Fsp3) is 0.450. The van der Waals surface area contributed by atoms with Crippen molar-refractivity contribution in [2.45, 2.75) is 39.1 Å². The highest BCUT2D eigenvalue weighted by Crippen LogP contribution is 2.07. The summed E-state index contributed by atoms with van der Waals surface area (Å²) in [6, 6.07) is 10.5. The summed E-state index contributed by atoms with van der Waals surface area (Å²) in [4.78, 5) is 29.0. The van der Waals surface area contributed by atoms with Crippen molar-refractivity contribution in [3.8, 4) is 0 Å². The molecule has 0 amide bonds. The Balaban J connectivity index is 0.00000300. The van der Waals surface area contributed by atoms with Gasteiger partial charge in [0.2, 0.25) is 0 Å². The van der Waals surface area contributed by atoms with Crippen molar-refractivity contribution >= 4 is 11.2 Å². The lowest BCUT2D eigenvalue weighted by Crippen LogP contribution is -3.00. The molecule has 0 bridgehead atoms. The molecule has 0 aliphatic carbocycles. The van der Waals surface area contributed by atoms with Crippen molar-refractivity contribution in [3.05, 3.63) is 63.1 Å². The number of hydrogen-bond donors (Lipinski definition) is 1. The van der Waals surface area contributed by atoms with Gasteiger partial charge in [-0.1, -0.05) is 30.3 Å². The quantitative estimate of drug-likeness (QED) is 0.420. The Kier molecular flexibility index (Phi) is 7.78. The largest absolute Gasteiger partial charge is 1.00 e. The zero-order valence-electron chi connectivity index (χ0n) is 17.2. The first-order valence-corrected chi connectivity index (χ1v) is 9.46. The summed E-state index contributed by atoms with van der Waals surface area (Å²) >= 11 is 0. The molecule has 3 rings (SSSR count). The van der Waals surface area contributed by atoms with Crippen LogP contribution in [0.2, 0.25) is 0 Å². The molecule has 0 aliphatic rings. The van der Waals surface area contributed by atoms with Gasteiger partial charge in [-0.15, -0.1) is 0 Å². The first-order chi connectivity index (χ1) is 13.4. The average molecular weight is 422 g/mol. The number of nitrogens with zero attached hydrogens (tertiary/aromatic N) is 4. The summed E-state index contributed by atoms with van der Waals surface area (Å²) in [6.07, 6.45) is 1.63. The van der Waals surface area contributed by atoms with E-state index in [1.165, 1.54) is 11.6 Å². The molecule has 3 aromatic rings. The lowest BCUT2D eigenvalue weighted by molar-refractivity contribution is -0.718. The van der Waals surface area contributed by atoms with Crippen LogP contribution in [-0.4, -0.2) is 37.4 Å². The maximum atomic E-state index is 12.6. The maximum Gasteiger partial charge on any atom is 0.332 e. The Bertz CT molecular complexity index is 1060. The molecular formula is C20H28ClN5O3. The highest BCUT2D eigenvalue weighted by atomic mass is 35.5. The van der Waals surface area contributed by atoms with Crippen LogP contribution in [0.5, 0.6) is 0 Å². The van der Waals surface area contributed by atoms with Crippen LogP contribution in [0.4, 0.5) is 0 Å². The highest BCUT2D eigenvalue weighted by Gasteiger charge is 2.20. The summed E-state index contributed by atoms with van der Waals surface area (Å²) < 4.78 is 10.3. The Morgan fingerprint density at radius 3 is 2.45 bits per heavy atom. The van der Waals surface area contributed by atoms with Crippen LogP contribution in [-0.2, 0) is 32.0 Å². The molecule has 2 aromatic heterocycles. The number of hydrogen-bond acceptors (Lipinski definition) is 4. The van der Waals surface area contributed by atoms with E-state index in [0.29, 0.717) is 37.0 Å². The SMILES string of the molecule is CC(C)[NH2+]C(COCc1ccccc1)Cn1cnc2c1c(=O)n(C)c(=O)n2C.[Cl-]. The molecule has 1 unspecified atom stereocenters. The summed E-state index contributed by atoms with van der Waals surface area (Å²) in [6.45, 7) is 5.90. The molecule has 1 aromatic carbocycles. The van der Waals surface area contributed by atoms with Crippen molar-refractivity contribution in [2.24, 2.45) is 14.1 Å². The van der Waals surface area contributed by atoms with Gasteiger partial charge in [-0.3, -0.25) is 13.9 Å². The number of halogens is 1. The van der Waals surface area contributed by atoms with Crippen molar-refractivity contribution in [1.29, 1.82) is 0 Å². The van der Waals surface area contributed by atoms with E-state index in [-0.39, 0.29) is 29.7 Å². The second-order valence-corrected chi connectivity index (χ2v) is 7.47. The molecule has 2 N–H and O–H groups in total. The number of aromatic nitrogens is 4. The zero-order valence-corrected chi connectivity index (χ0v) is 18.0. The maximum absolute atomic E-state index is 12.6. The van der Waals surface area contributed by atoms with Gasteiger partial charge in [0.05, 0.1) is 25.5 Å². The molecule has 0 saturated carbocycles. The van der Waals surface area contributed by atoms with E-state index in [1.807, 2.05) is 34.9 Å². The molecular weight excluding hydrogens is 394 g/mol. The van der Waals surface area contributed by atoms with Crippen LogP contribution in [0.15, 0.2) is 46.2 Å². The van der Waals surface area contributed by atoms with Gasteiger partial charge in [0.1, 0.15) is 12.6 Å². The lowest BCUT2D eigenvalue weighted by Gasteiger charge is -2.19.